The molecule has 1 aromatic heterocycles. The van der Waals surface area contributed by atoms with E-state index in [0.717, 1.165) is 34.5 Å². The zero-order chi connectivity index (χ0) is 19.3. The largest absolute Gasteiger partial charge is 0.493 e. The van der Waals surface area contributed by atoms with E-state index in [1.54, 1.807) is 32.7 Å². The average molecular weight is 401 g/mol. The molecule has 1 heterocycles. The number of hydrogen-bond acceptors (Lipinski definition) is 6. The molecule has 0 radical (unpaired) electrons. The van der Waals surface area contributed by atoms with Crippen molar-refractivity contribution in [2.75, 3.05) is 26.6 Å². The van der Waals surface area contributed by atoms with Crippen LogP contribution in [-0.4, -0.2) is 26.3 Å². The van der Waals surface area contributed by atoms with Gasteiger partial charge in [0.2, 0.25) is 5.75 Å². The molecule has 1 N–H and O–H groups in total. The lowest BCUT2D eigenvalue weighted by Gasteiger charge is -2.54. The third-order valence-corrected chi connectivity index (χ3v) is 7.78. The number of aromatic nitrogens is 1. The zero-order valence-electron chi connectivity index (χ0n) is 16.7. The maximum Gasteiger partial charge on any atom is 0.203 e. The molecular formula is C22H28N2O3S. The molecule has 0 saturated heterocycles. The quantitative estimate of drug-likeness (QED) is 0.698. The van der Waals surface area contributed by atoms with Gasteiger partial charge in [0, 0.05) is 29.1 Å². The Balaban J connectivity index is 1.37. The Labute approximate surface area is 170 Å². The molecule has 4 aliphatic rings. The Bertz CT molecular complexity index is 812. The van der Waals surface area contributed by atoms with Gasteiger partial charge in [-0.05, 0) is 55.8 Å². The fraction of sp³-hybridized carbons (Fsp3) is 0.591. The van der Waals surface area contributed by atoms with Crippen molar-refractivity contribution in [2.24, 2.45) is 23.7 Å². The normalized spacial score (nSPS) is 30.3. The van der Waals surface area contributed by atoms with Gasteiger partial charge in [-0.1, -0.05) is 0 Å². The maximum atomic E-state index is 5.46. The van der Waals surface area contributed by atoms with E-state index in [0.29, 0.717) is 23.2 Å². The summed E-state index contributed by atoms with van der Waals surface area (Å²) in [7, 11) is 4.88. The molecule has 6 heteroatoms. The van der Waals surface area contributed by atoms with Crippen LogP contribution in [0.15, 0.2) is 17.5 Å². The lowest BCUT2D eigenvalue weighted by atomic mass is 9.51. The third-order valence-electron chi connectivity index (χ3n) is 7.01. The summed E-state index contributed by atoms with van der Waals surface area (Å²) in [6.45, 7) is 0. The lowest BCUT2D eigenvalue weighted by Crippen LogP contribution is -2.43. The van der Waals surface area contributed by atoms with Crippen molar-refractivity contribution in [3.05, 3.63) is 23.2 Å². The van der Waals surface area contributed by atoms with E-state index in [1.807, 2.05) is 12.1 Å². The van der Waals surface area contributed by atoms with E-state index in [4.69, 9.17) is 19.2 Å². The molecule has 4 bridgehead atoms. The van der Waals surface area contributed by atoms with Crippen molar-refractivity contribution in [2.45, 2.75) is 38.0 Å². The van der Waals surface area contributed by atoms with Crippen LogP contribution in [0.25, 0.3) is 0 Å². The van der Waals surface area contributed by atoms with Crippen LogP contribution in [-0.2, 0) is 0 Å². The third kappa shape index (κ3) is 3.02. The molecule has 4 fully saturated rings. The first-order valence-electron chi connectivity index (χ1n) is 10.2. The lowest BCUT2D eigenvalue weighted by molar-refractivity contribution is -0.00392. The number of methoxy groups -OCH3 is 3. The van der Waals surface area contributed by atoms with Gasteiger partial charge in [0.25, 0.3) is 0 Å². The number of hydrogen-bond donors (Lipinski definition) is 1. The molecule has 4 aliphatic carbocycles. The highest BCUT2D eigenvalue weighted by molar-refractivity contribution is 7.13. The number of nitrogens with zero attached hydrogens (tertiary/aromatic N) is 1. The number of benzene rings is 1. The van der Waals surface area contributed by atoms with Crippen LogP contribution in [0.1, 0.15) is 43.7 Å². The Kier molecular flexibility index (Phi) is 4.62. The first-order chi connectivity index (χ1) is 13.7. The summed E-state index contributed by atoms with van der Waals surface area (Å²) in [5.74, 6) is 6.25. The van der Waals surface area contributed by atoms with Crippen molar-refractivity contribution in [3.63, 3.8) is 0 Å². The summed E-state index contributed by atoms with van der Waals surface area (Å²) in [6.07, 6.45) is 7.18. The van der Waals surface area contributed by atoms with Gasteiger partial charge >= 0.3 is 0 Å². The molecule has 6 rings (SSSR count). The van der Waals surface area contributed by atoms with Crippen molar-refractivity contribution in [3.8, 4) is 17.2 Å². The summed E-state index contributed by atoms with van der Waals surface area (Å²) >= 11 is 1.69. The van der Waals surface area contributed by atoms with Gasteiger partial charge in [0.1, 0.15) is 0 Å². The fourth-order valence-corrected chi connectivity index (χ4v) is 6.96. The maximum absolute atomic E-state index is 5.46. The Morgan fingerprint density at radius 3 is 2.04 bits per heavy atom. The topological polar surface area (TPSA) is 52.6 Å². The van der Waals surface area contributed by atoms with Crippen LogP contribution in [0.3, 0.4) is 0 Å². The molecule has 4 saturated carbocycles. The van der Waals surface area contributed by atoms with Crippen LogP contribution < -0.4 is 19.5 Å². The van der Waals surface area contributed by atoms with E-state index in [-0.39, 0.29) is 0 Å². The van der Waals surface area contributed by atoms with E-state index >= 15 is 0 Å². The van der Waals surface area contributed by atoms with E-state index < -0.39 is 0 Å². The minimum absolute atomic E-state index is 0.601. The van der Waals surface area contributed by atoms with Gasteiger partial charge in [-0.2, -0.15) is 0 Å². The summed E-state index contributed by atoms with van der Waals surface area (Å²) in [6, 6.07) is 3.84. The number of ether oxygens (including phenoxy) is 3. The van der Waals surface area contributed by atoms with Gasteiger partial charge in [-0.15, -0.1) is 11.3 Å². The van der Waals surface area contributed by atoms with Crippen molar-refractivity contribution >= 4 is 22.2 Å². The number of anilines is 2. The summed E-state index contributed by atoms with van der Waals surface area (Å²) in [5, 5.41) is 6.64. The van der Waals surface area contributed by atoms with Crippen LogP contribution in [0.4, 0.5) is 10.8 Å². The second-order valence-corrected chi connectivity index (χ2v) is 9.43. The smallest absolute Gasteiger partial charge is 0.203 e. The molecule has 2 aromatic rings. The Morgan fingerprint density at radius 1 is 0.893 bits per heavy atom. The molecule has 0 unspecified atom stereocenters. The minimum Gasteiger partial charge on any atom is -0.493 e. The predicted octanol–water partition coefficient (Wildman–Crippen LogP) is 5.45. The minimum atomic E-state index is 0.601. The molecule has 28 heavy (non-hydrogen) atoms. The van der Waals surface area contributed by atoms with Gasteiger partial charge in [-0.3, -0.25) is 0 Å². The van der Waals surface area contributed by atoms with E-state index in [2.05, 4.69) is 10.7 Å². The van der Waals surface area contributed by atoms with Crippen LogP contribution >= 0.6 is 11.3 Å². The Morgan fingerprint density at radius 2 is 1.50 bits per heavy atom. The highest BCUT2D eigenvalue weighted by atomic mass is 32.1. The zero-order valence-corrected chi connectivity index (χ0v) is 17.6. The molecular weight excluding hydrogens is 372 g/mol. The standard InChI is InChI=1S/C22H28N2O3S/c1-25-18-9-16(10-19(26-2)21(18)27-3)23-22-24-17(11-28-22)20-14-5-12-4-13(7-14)8-15(20)6-12/h9-15,20H,4-8H2,1-3H3,(H,23,24). The molecule has 1 aromatic carbocycles. The molecule has 5 nitrogen and oxygen atoms in total. The summed E-state index contributed by atoms with van der Waals surface area (Å²) in [4.78, 5) is 5.00. The molecule has 150 valence electrons. The van der Waals surface area contributed by atoms with Gasteiger partial charge < -0.3 is 19.5 Å². The summed E-state index contributed by atoms with van der Waals surface area (Å²) in [5.41, 5.74) is 2.19. The number of rotatable bonds is 6. The highest BCUT2D eigenvalue weighted by Gasteiger charge is 2.49. The van der Waals surface area contributed by atoms with Crippen molar-refractivity contribution < 1.29 is 14.2 Å². The van der Waals surface area contributed by atoms with Crippen molar-refractivity contribution in [1.29, 1.82) is 0 Å². The number of thiazole rings is 1. The first-order valence-corrected chi connectivity index (χ1v) is 11.1. The van der Waals surface area contributed by atoms with Gasteiger partial charge in [0.05, 0.1) is 27.0 Å². The summed E-state index contributed by atoms with van der Waals surface area (Å²) < 4.78 is 16.3. The first kappa shape index (κ1) is 18.1. The van der Waals surface area contributed by atoms with E-state index in [9.17, 15) is 0 Å². The van der Waals surface area contributed by atoms with Crippen LogP contribution in [0.2, 0.25) is 0 Å². The molecule has 0 amide bonds. The second kappa shape index (κ2) is 7.14. The number of nitrogens with one attached hydrogen (secondary N) is 1. The molecule has 0 atom stereocenters. The van der Waals surface area contributed by atoms with Crippen LogP contribution in [0.5, 0.6) is 17.2 Å². The van der Waals surface area contributed by atoms with Crippen molar-refractivity contribution in [1.82, 2.24) is 4.98 Å². The van der Waals surface area contributed by atoms with E-state index in [1.165, 1.54) is 37.8 Å². The molecule has 0 aliphatic heterocycles. The Hall–Kier alpha value is -1.95. The average Bonchev–Trinajstić information content (AvgIpc) is 3.14. The monoisotopic (exact) mass is 400 g/mol. The second-order valence-electron chi connectivity index (χ2n) is 8.57. The highest BCUT2D eigenvalue weighted by Crippen LogP contribution is 2.59. The van der Waals surface area contributed by atoms with Crippen LogP contribution in [0, 0.1) is 23.7 Å². The molecule has 0 spiro atoms. The SMILES string of the molecule is COc1cc(Nc2nc(C3C4CC5CC(C4)CC3C5)cs2)cc(OC)c1OC. The van der Waals surface area contributed by atoms with Gasteiger partial charge in [-0.25, -0.2) is 4.98 Å². The predicted molar refractivity (Wildman–Crippen MR) is 111 cm³/mol. The fourth-order valence-electron chi connectivity index (χ4n) is 6.18. The van der Waals surface area contributed by atoms with Gasteiger partial charge in [0.15, 0.2) is 16.6 Å².